The molecule has 0 N–H and O–H groups in total. The number of methoxy groups -OCH3 is 1. The first-order valence-corrected chi connectivity index (χ1v) is 7.32. The van der Waals surface area contributed by atoms with Gasteiger partial charge < -0.3 is 9.30 Å². The van der Waals surface area contributed by atoms with E-state index in [9.17, 15) is 4.79 Å². The van der Waals surface area contributed by atoms with Crippen LogP contribution < -0.4 is 0 Å². The van der Waals surface area contributed by atoms with Crippen LogP contribution >= 0.6 is 0 Å². The molecule has 1 aromatic carbocycles. The summed E-state index contributed by atoms with van der Waals surface area (Å²) in [5, 5.41) is 0. The highest BCUT2D eigenvalue weighted by Crippen LogP contribution is 2.11. The van der Waals surface area contributed by atoms with Gasteiger partial charge in [0.05, 0.1) is 12.7 Å². The number of aromatic nitrogens is 3. The minimum absolute atomic E-state index is 0.323. The van der Waals surface area contributed by atoms with Crippen LogP contribution in [0.15, 0.2) is 61.2 Å². The molecule has 3 aromatic rings. The molecule has 3 rings (SSSR count). The molecular weight excluding hydrogens is 290 g/mol. The molecule has 0 saturated carbocycles. The molecule has 116 valence electrons. The second-order valence-corrected chi connectivity index (χ2v) is 5.20. The van der Waals surface area contributed by atoms with Gasteiger partial charge in [-0.25, -0.2) is 9.78 Å². The summed E-state index contributed by atoms with van der Waals surface area (Å²) in [6.07, 6.45) is 8.11. The Morgan fingerprint density at radius 3 is 2.65 bits per heavy atom. The highest BCUT2D eigenvalue weighted by Gasteiger charge is 2.07. The van der Waals surface area contributed by atoms with E-state index in [1.165, 1.54) is 7.11 Å². The Hall–Kier alpha value is -2.95. The van der Waals surface area contributed by atoms with Gasteiger partial charge in [0, 0.05) is 37.8 Å². The number of hydrogen-bond acceptors (Lipinski definition) is 4. The highest BCUT2D eigenvalue weighted by atomic mass is 16.5. The molecule has 0 unspecified atom stereocenters. The molecule has 23 heavy (non-hydrogen) atoms. The number of pyridine rings is 1. The summed E-state index contributed by atoms with van der Waals surface area (Å²) in [7, 11) is 1.38. The maximum Gasteiger partial charge on any atom is 0.337 e. The second kappa shape index (κ2) is 6.87. The van der Waals surface area contributed by atoms with Gasteiger partial charge in [0.25, 0.3) is 0 Å². The van der Waals surface area contributed by atoms with Crippen LogP contribution in [-0.4, -0.2) is 27.6 Å². The van der Waals surface area contributed by atoms with E-state index in [4.69, 9.17) is 4.74 Å². The first kappa shape index (κ1) is 15.0. The zero-order chi connectivity index (χ0) is 16.1. The van der Waals surface area contributed by atoms with Gasteiger partial charge in [-0.2, -0.15) is 0 Å². The number of benzene rings is 1. The van der Waals surface area contributed by atoms with E-state index >= 15 is 0 Å². The molecule has 2 heterocycles. The number of hydrogen-bond donors (Lipinski definition) is 0. The Bertz CT molecular complexity index is 780. The van der Waals surface area contributed by atoms with Crippen molar-refractivity contribution >= 4 is 5.97 Å². The summed E-state index contributed by atoms with van der Waals surface area (Å²) in [6.45, 7) is 0.705. The van der Waals surface area contributed by atoms with Crippen molar-refractivity contribution in [2.45, 2.75) is 13.0 Å². The predicted molar refractivity (Wildman–Crippen MR) is 86.2 cm³/mol. The van der Waals surface area contributed by atoms with Crippen molar-refractivity contribution in [1.29, 1.82) is 0 Å². The Labute approximate surface area is 134 Å². The first-order chi connectivity index (χ1) is 11.3. The van der Waals surface area contributed by atoms with Gasteiger partial charge in [-0.3, -0.25) is 4.98 Å². The van der Waals surface area contributed by atoms with Crippen molar-refractivity contribution in [2.24, 2.45) is 0 Å². The summed E-state index contributed by atoms with van der Waals surface area (Å²) in [4.78, 5) is 20.0. The van der Waals surface area contributed by atoms with E-state index in [2.05, 4.69) is 14.5 Å². The van der Waals surface area contributed by atoms with Gasteiger partial charge in [0.1, 0.15) is 5.82 Å². The SMILES string of the molecule is COC(=O)c1ccc(Cn2ccnc2Cc2cccnc2)cc1. The summed E-state index contributed by atoms with van der Waals surface area (Å²) in [5.41, 5.74) is 2.78. The molecule has 0 saturated heterocycles. The zero-order valence-corrected chi connectivity index (χ0v) is 12.8. The lowest BCUT2D eigenvalue weighted by atomic mass is 10.1. The second-order valence-electron chi connectivity index (χ2n) is 5.20. The van der Waals surface area contributed by atoms with Crippen LogP contribution in [-0.2, 0) is 17.7 Å². The zero-order valence-electron chi connectivity index (χ0n) is 12.8. The van der Waals surface area contributed by atoms with Crippen molar-refractivity contribution < 1.29 is 9.53 Å². The summed E-state index contributed by atoms with van der Waals surface area (Å²) in [5.74, 6) is 0.659. The number of nitrogens with zero attached hydrogens (tertiary/aromatic N) is 3. The molecule has 0 aliphatic rings. The molecule has 0 spiro atoms. The number of carbonyl (C=O) groups is 1. The molecule has 0 aliphatic carbocycles. The standard InChI is InChI=1S/C18H17N3O2/c1-23-18(22)16-6-4-14(5-7-16)13-21-10-9-20-17(21)11-15-3-2-8-19-12-15/h2-10,12H,11,13H2,1H3. The van der Waals surface area contributed by atoms with Crippen molar-refractivity contribution in [1.82, 2.24) is 14.5 Å². The fourth-order valence-corrected chi connectivity index (χ4v) is 2.40. The number of esters is 1. The van der Waals surface area contributed by atoms with Gasteiger partial charge in [0.2, 0.25) is 0 Å². The van der Waals surface area contributed by atoms with Gasteiger partial charge in [0.15, 0.2) is 0 Å². The fraction of sp³-hybridized carbons (Fsp3) is 0.167. The number of imidazole rings is 1. The molecule has 0 aliphatic heterocycles. The Kier molecular flexibility index (Phi) is 4.47. The van der Waals surface area contributed by atoms with E-state index in [1.54, 1.807) is 24.5 Å². The predicted octanol–water partition coefficient (Wildman–Crippen LogP) is 2.70. The monoisotopic (exact) mass is 307 g/mol. The number of rotatable bonds is 5. The Morgan fingerprint density at radius 1 is 1.13 bits per heavy atom. The van der Waals surface area contributed by atoms with Crippen LogP contribution in [0.2, 0.25) is 0 Å². The normalized spacial score (nSPS) is 10.5. The van der Waals surface area contributed by atoms with E-state index < -0.39 is 0 Å². The van der Waals surface area contributed by atoms with Crippen LogP contribution in [0.3, 0.4) is 0 Å². The maximum atomic E-state index is 11.5. The molecule has 0 fully saturated rings. The molecule has 5 nitrogen and oxygen atoms in total. The fourth-order valence-electron chi connectivity index (χ4n) is 2.40. The number of carbonyl (C=O) groups excluding carboxylic acids is 1. The van der Waals surface area contributed by atoms with E-state index in [-0.39, 0.29) is 5.97 Å². The molecule has 0 radical (unpaired) electrons. The smallest absolute Gasteiger partial charge is 0.337 e. The van der Waals surface area contributed by atoms with Gasteiger partial charge >= 0.3 is 5.97 Å². The van der Waals surface area contributed by atoms with Gasteiger partial charge in [-0.1, -0.05) is 18.2 Å². The molecule has 0 atom stereocenters. The molecule has 0 bridgehead atoms. The minimum atomic E-state index is -0.323. The first-order valence-electron chi connectivity index (χ1n) is 7.32. The summed E-state index contributed by atoms with van der Waals surface area (Å²) in [6, 6.07) is 11.4. The van der Waals surface area contributed by atoms with Crippen LogP contribution in [0.5, 0.6) is 0 Å². The van der Waals surface area contributed by atoms with E-state index in [0.29, 0.717) is 12.1 Å². The lowest BCUT2D eigenvalue weighted by Gasteiger charge is -2.08. The van der Waals surface area contributed by atoms with Crippen LogP contribution in [0.25, 0.3) is 0 Å². The average molecular weight is 307 g/mol. The van der Waals surface area contributed by atoms with Gasteiger partial charge in [-0.15, -0.1) is 0 Å². The topological polar surface area (TPSA) is 57.0 Å². The molecular formula is C18H17N3O2. The third kappa shape index (κ3) is 3.63. The van der Waals surface area contributed by atoms with Crippen LogP contribution in [0.4, 0.5) is 0 Å². The summed E-state index contributed by atoms with van der Waals surface area (Å²) < 4.78 is 6.80. The van der Waals surface area contributed by atoms with Crippen LogP contribution in [0.1, 0.15) is 27.3 Å². The summed E-state index contributed by atoms with van der Waals surface area (Å²) >= 11 is 0. The Morgan fingerprint density at radius 2 is 1.96 bits per heavy atom. The van der Waals surface area contributed by atoms with Gasteiger partial charge in [-0.05, 0) is 29.3 Å². The largest absolute Gasteiger partial charge is 0.465 e. The van der Waals surface area contributed by atoms with Crippen LogP contribution in [0, 0.1) is 0 Å². The molecule has 0 amide bonds. The van der Waals surface area contributed by atoms with E-state index in [1.807, 2.05) is 36.7 Å². The number of ether oxygens (including phenoxy) is 1. The van der Waals surface area contributed by atoms with Crippen molar-refractivity contribution in [3.63, 3.8) is 0 Å². The molecule has 5 heteroatoms. The highest BCUT2D eigenvalue weighted by molar-refractivity contribution is 5.89. The van der Waals surface area contributed by atoms with Crippen molar-refractivity contribution in [2.75, 3.05) is 7.11 Å². The lowest BCUT2D eigenvalue weighted by Crippen LogP contribution is -2.06. The average Bonchev–Trinajstić information content (AvgIpc) is 3.02. The third-order valence-corrected chi connectivity index (χ3v) is 3.61. The van der Waals surface area contributed by atoms with E-state index in [0.717, 1.165) is 23.4 Å². The van der Waals surface area contributed by atoms with Crippen molar-refractivity contribution in [3.05, 3.63) is 83.7 Å². The lowest BCUT2D eigenvalue weighted by molar-refractivity contribution is 0.0600. The quantitative estimate of drug-likeness (QED) is 0.680. The maximum absolute atomic E-state index is 11.5. The third-order valence-electron chi connectivity index (χ3n) is 3.61. The van der Waals surface area contributed by atoms with Crippen molar-refractivity contribution in [3.8, 4) is 0 Å². The molecule has 2 aromatic heterocycles. The minimum Gasteiger partial charge on any atom is -0.465 e. The Balaban J connectivity index is 1.74.